The Morgan fingerprint density at radius 1 is 0.605 bits per heavy atom. The summed E-state index contributed by atoms with van der Waals surface area (Å²) in [6.45, 7) is 24.3. The minimum Gasteiger partial charge on any atom is -0.485 e. The lowest BCUT2D eigenvalue weighted by molar-refractivity contribution is -0.0664. The molecule has 0 fully saturated rings. The molecule has 10 heteroatoms. The smallest absolute Gasteiger partial charge is 0.327 e. The van der Waals surface area contributed by atoms with Crippen molar-refractivity contribution in [1.29, 1.82) is 0 Å². The van der Waals surface area contributed by atoms with E-state index in [9.17, 15) is 24.7 Å². The standard InChI is InChI=1S/C33H54O8P2/c1-29(2,3)23-16-13-15-22(26(23)31(7,8)9)28(33(19-34,20-39-42(35)36)21-40-43(37)38)41-25-18-14-17-24(30(4,5)6)27(25)32(10,11)12/h13-18,28,34-38H,19-21H2,1-12H3. The van der Waals surface area contributed by atoms with Crippen molar-refractivity contribution >= 4 is 17.2 Å². The normalized spacial score (nSPS) is 14.5. The van der Waals surface area contributed by atoms with Crippen LogP contribution in [0, 0.1) is 5.41 Å². The Balaban J connectivity index is 3.10. The van der Waals surface area contributed by atoms with Crippen molar-refractivity contribution in [3.8, 4) is 5.75 Å². The molecule has 0 bridgehead atoms. The summed E-state index contributed by atoms with van der Waals surface area (Å²) in [5.74, 6) is 0.606. The fourth-order valence-electron chi connectivity index (χ4n) is 5.66. The van der Waals surface area contributed by atoms with E-state index in [1.54, 1.807) is 0 Å². The number of benzene rings is 2. The summed E-state index contributed by atoms with van der Waals surface area (Å²) in [6.07, 6.45) is -0.963. The Morgan fingerprint density at radius 3 is 1.40 bits per heavy atom. The average Bonchev–Trinajstić information content (AvgIpc) is 2.85. The van der Waals surface area contributed by atoms with Crippen molar-refractivity contribution in [3.05, 3.63) is 64.2 Å². The molecule has 0 heterocycles. The summed E-state index contributed by atoms with van der Waals surface area (Å²) in [7, 11) is -5.58. The van der Waals surface area contributed by atoms with Crippen LogP contribution in [0.25, 0.3) is 0 Å². The van der Waals surface area contributed by atoms with Gasteiger partial charge >= 0.3 is 17.2 Å². The van der Waals surface area contributed by atoms with Gasteiger partial charge in [0.25, 0.3) is 0 Å². The zero-order chi connectivity index (χ0) is 33.2. The zero-order valence-corrected chi connectivity index (χ0v) is 29.8. The molecule has 1 unspecified atom stereocenters. The van der Waals surface area contributed by atoms with Gasteiger partial charge in [0, 0.05) is 5.56 Å². The van der Waals surface area contributed by atoms with Gasteiger partial charge in [0.1, 0.15) is 11.9 Å². The minimum absolute atomic E-state index is 0.201. The van der Waals surface area contributed by atoms with E-state index in [0.717, 1.165) is 27.8 Å². The molecule has 5 N–H and O–H groups in total. The molecule has 0 aliphatic carbocycles. The second kappa shape index (κ2) is 14.1. The maximum absolute atomic E-state index is 11.1. The summed E-state index contributed by atoms with van der Waals surface area (Å²) < 4.78 is 17.8. The first-order valence-electron chi connectivity index (χ1n) is 14.6. The molecule has 0 amide bonds. The lowest BCUT2D eigenvalue weighted by atomic mass is 9.69. The Morgan fingerprint density at radius 2 is 1.02 bits per heavy atom. The van der Waals surface area contributed by atoms with Crippen molar-refractivity contribution in [3.63, 3.8) is 0 Å². The molecule has 0 saturated carbocycles. The van der Waals surface area contributed by atoms with Gasteiger partial charge in [0.05, 0.1) is 25.2 Å². The molecule has 0 saturated heterocycles. The molecule has 0 spiro atoms. The van der Waals surface area contributed by atoms with Crippen molar-refractivity contribution in [1.82, 2.24) is 0 Å². The second-order valence-electron chi connectivity index (χ2n) is 15.5. The first-order chi connectivity index (χ1) is 19.5. The summed E-state index contributed by atoms with van der Waals surface area (Å²) in [6, 6.07) is 12.0. The molecule has 0 radical (unpaired) electrons. The van der Waals surface area contributed by atoms with Crippen LogP contribution in [0.4, 0.5) is 0 Å². The maximum atomic E-state index is 11.1. The Bertz CT molecular complexity index is 1190. The number of hydrogen-bond donors (Lipinski definition) is 5. The second-order valence-corrected chi connectivity index (χ2v) is 17.0. The molecule has 43 heavy (non-hydrogen) atoms. The fraction of sp³-hybridized carbons (Fsp3) is 0.636. The highest BCUT2D eigenvalue weighted by atomic mass is 31.2. The molecule has 0 aliphatic rings. The van der Waals surface area contributed by atoms with Gasteiger partial charge in [0.15, 0.2) is 0 Å². The SMILES string of the molecule is CC(C)(C)c1cccc(OC(c2cccc(C(C)(C)C)c2C(C)(C)C)C(CO)(COP(O)O)COP(O)O)c1C(C)(C)C. The number of hydrogen-bond acceptors (Lipinski definition) is 8. The van der Waals surface area contributed by atoms with E-state index >= 15 is 0 Å². The monoisotopic (exact) mass is 640 g/mol. The number of ether oxygens (including phenoxy) is 1. The predicted molar refractivity (Wildman–Crippen MR) is 175 cm³/mol. The van der Waals surface area contributed by atoms with Gasteiger partial charge in [-0.25, -0.2) is 0 Å². The first-order valence-corrected chi connectivity index (χ1v) is 17.0. The molecular weight excluding hydrogens is 586 g/mol. The van der Waals surface area contributed by atoms with E-state index in [1.165, 1.54) is 0 Å². The maximum Gasteiger partial charge on any atom is 0.327 e. The average molecular weight is 641 g/mol. The van der Waals surface area contributed by atoms with Gasteiger partial charge in [-0.05, 0) is 50.0 Å². The van der Waals surface area contributed by atoms with E-state index in [1.807, 2.05) is 24.3 Å². The Labute approximate surface area is 261 Å². The summed E-state index contributed by atoms with van der Waals surface area (Å²) in [5, 5.41) is 11.1. The lowest BCUT2D eigenvalue weighted by Gasteiger charge is -2.43. The largest absolute Gasteiger partial charge is 0.485 e. The van der Waals surface area contributed by atoms with Crippen LogP contribution < -0.4 is 4.74 Å². The van der Waals surface area contributed by atoms with Gasteiger partial charge in [-0.2, -0.15) is 0 Å². The van der Waals surface area contributed by atoms with Crippen LogP contribution in [0.1, 0.15) is 117 Å². The van der Waals surface area contributed by atoms with Gasteiger partial charge in [-0.15, -0.1) is 0 Å². The quantitative estimate of drug-likeness (QED) is 0.161. The van der Waals surface area contributed by atoms with Crippen molar-refractivity contribution < 1.29 is 38.5 Å². The molecular formula is C33H54O8P2. The van der Waals surface area contributed by atoms with Crippen LogP contribution in [0.5, 0.6) is 5.75 Å². The fourth-order valence-corrected chi connectivity index (χ4v) is 6.41. The Hall–Kier alpha value is -1.18. The van der Waals surface area contributed by atoms with E-state index in [0.29, 0.717) is 5.75 Å². The van der Waals surface area contributed by atoms with Crippen LogP contribution >= 0.6 is 17.2 Å². The van der Waals surface area contributed by atoms with Crippen molar-refractivity contribution in [2.75, 3.05) is 19.8 Å². The number of rotatable bonds is 11. The van der Waals surface area contributed by atoms with Crippen LogP contribution in [0.15, 0.2) is 36.4 Å². The number of aliphatic hydroxyl groups is 1. The first kappa shape index (κ1) is 38.0. The molecule has 2 rings (SSSR count). The van der Waals surface area contributed by atoms with E-state index in [-0.39, 0.29) is 34.9 Å². The van der Waals surface area contributed by atoms with Gasteiger partial charge < -0.3 is 38.5 Å². The lowest BCUT2D eigenvalue weighted by Crippen LogP contribution is -2.45. The van der Waals surface area contributed by atoms with Crippen LogP contribution in [0.3, 0.4) is 0 Å². The third-order valence-electron chi connectivity index (χ3n) is 7.57. The molecule has 1 atom stereocenters. The number of aliphatic hydroxyl groups excluding tert-OH is 1. The molecule has 244 valence electrons. The summed E-state index contributed by atoms with van der Waals surface area (Å²) in [5.41, 5.74) is 2.38. The molecule has 8 nitrogen and oxygen atoms in total. The highest BCUT2D eigenvalue weighted by Gasteiger charge is 2.47. The summed E-state index contributed by atoms with van der Waals surface area (Å²) in [4.78, 5) is 39.1. The van der Waals surface area contributed by atoms with Crippen LogP contribution in [-0.4, -0.2) is 44.5 Å². The topological polar surface area (TPSA) is 129 Å². The zero-order valence-electron chi connectivity index (χ0n) is 28.0. The molecule has 0 aromatic heterocycles. The summed E-state index contributed by atoms with van der Waals surface area (Å²) >= 11 is 0. The van der Waals surface area contributed by atoms with Crippen LogP contribution in [-0.2, 0) is 30.7 Å². The Kier molecular flexibility index (Phi) is 12.4. The highest BCUT2D eigenvalue weighted by molar-refractivity contribution is 7.39. The van der Waals surface area contributed by atoms with E-state index < -0.39 is 35.3 Å². The van der Waals surface area contributed by atoms with Gasteiger partial charge in [-0.3, -0.25) is 0 Å². The van der Waals surface area contributed by atoms with Gasteiger partial charge in [-0.1, -0.05) is 113 Å². The van der Waals surface area contributed by atoms with E-state index in [4.69, 9.17) is 13.8 Å². The van der Waals surface area contributed by atoms with Crippen molar-refractivity contribution in [2.45, 2.75) is 111 Å². The van der Waals surface area contributed by atoms with Crippen molar-refractivity contribution in [2.24, 2.45) is 5.41 Å². The van der Waals surface area contributed by atoms with Crippen LogP contribution in [0.2, 0.25) is 0 Å². The molecule has 2 aromatic rings. The third kappa shape index (κ3) is 9.66. The minimum atomic E-state index is -2.79. The van der Waals surface area contributed by atoms with E-state index in [2.05, 4.69) is 95.2 Å². The molecule has 0 aliphatic heterocycles. The predicted octanol–water partition coefficient (Wildman–Crippen LogP) is 7.43. The third-order valence-corrected chi connectivity index (χ3v) is 8.29. The molecule has 2 aromatic carbocycles. The highest BCUT2D eigenvalue weighted by Crippen LogP contribution is 2.50. The van der Waals surface area contributed by atoms with Gasteiger partial charge in [0.2, 0.25) is 0 Å².